The predicted molar refractivity (Wildman–Crippen MR) is 133 cm³/mol. The molecule has 34 heavy (non-hydrogen) atoms. The van der Waals surface area contributed by atoms with Gasteiger partial charge in [-0.05, 0) is 60.0 Å². The molecule has 8 nitrogen and oxygen atoms in total. The van der Waals surface area contributed by atoms with Gasteiger partial charge in [-0.2, -0.15) is 15.0 Å². The lowest BCUT2D eigenvalue weighted by molar-refractivity contribution is -0.136. The number of anilines is 2. The van der Waals surface area contributed by atoms with Crippen LogP contribution in [0.3, 0.4) is 0 Å². The number of carbonyl (C=O) groups is 1. The van der Waals surface area contributed by atoms with E-state index in [4.69, 9.17) is 16.6 Å². The third-order valence-corrected chi connectivity index (χ3v) is 5.80. The molecule has 170 valence electrons. The maximum Gasteiger partial charge on any atom is 0.307 e. The van der Waals surface area contributed by atoms with Crippen LogP contribution >= 0.6 is 0 Å². The fourth-order valence-electron chi connectivity index (χ4n) is 4.22. The van der Waals surface area contributed by atoms with Crippen molar-refractivity contribution in [2.24, 2.45) is 0 Å². The average molecular weight is 453 g/mol. The number of nitrogens with two attached hydrogens (primary N) is 2. The van der Waals surface area contributed by atoms with Crippen LogP contribution in [0.1, 0.15) is 17.0 Å². The van der Waals surface area contributed by atoms with E-state index in [-0.39, 0.29) is 6.42 Å². The van der Waals surface area contributed by atoms with E-state index in [1.54, 1.807) is 10.9 Å². The average Bonchev–Trinajstić information content (AvgIpc) is 3.33. The lowest BCUT2D eigenvalue weighted by Crippen LogP contribution is -2.03. The van der Waals surface area contributed by atoms with E-state index < -0.39 is 5.97 Å². The van der Waals surface area contributed by atoms with Gasteiger partial charge in [0, 0.05) is 28.5 Å². The SMILES string of the molecule is Cc1nn(-c2ccccc2)nc1Cn1cc(CC(=O)O)c2ccc(-c3cc(N)cc(N)c3)cc21. The van der Waals surface area contributed by atoms with Crippen molar-refractivity contribution >= 4 is 28.2 Å². The number of hydrogen-bond donors (Lipinski definition) is 3. The van der Waals surface area contributed by atoms with Gasteiger partial charge in [-0.15, -0.1) is 0 Å². The molecular formula is C26H24N6O2. The molecule has 0 unspecified atom stereocenters. The summed E-state index contributed by atoms with van der Waals surface area (Å²) in [5.41, 5.74) is 19.2. The smallest absolute Gasteiger partial charge is 0.307 e. The summed E-state index contributed by atoms with van der Waals surface area (Å²) in [7, 11) is 0. The zero-order chi connectivity index (χ0) is 23.8. The van der Waals surface area contributed by atoms with Gasteiger partial charge in [-0.1, -0.05) is 30.3 Å². The van der Waals surface area contributed by atoms with Crippen LogP contribution in [0.4, 0.5) is 11.4 Å². The van der Waals surface area contributed by atoms with E-state index in [1.807, 2.05) is 78.4 Å². The molecule has 0 aliphatic rings. The minimum absolute atomic E-state index is 0.0657. The molecule has 0 aliphatic carbocycles. The highest BCUT2D eigenvalue weighted by molar-refractivity contribution is 5.91. The normalized spacial score (nSPS) is 11.2. The standard InChI is InChI=1S/C26H24N6O2/c1-16-24(30-32(29-16)22-5-3-2-4-6-22)15-31-14-19(12-26(33)34)23-8-7-17(11-25(23)31)18-9-20(27)13-21(28)10-18/h2-11,13-14H,12,15,27-28H2,1H3,(H,33,34). The summed E-state index contributed by atoms with van der Waals surface area (Å²) in [6.45, 7) is 2.38. The summed E-state index contributed by atoms with van der Waals surface area (Å²) in [6, 6.07) is 21.1. The Labute approximate surface area is 196 Å². The summed E-state index contributed by atoms with van der Waals surface area (Å²) < 4.78 is 2.03. The number of aliphatic carboxylic acids is 1. The van der Waals surface area contributed by atoms with Gasteiger partial charge in [0.05, 0.1) is 24.3 Å². The highest BCUT2D eigenvalue weighted by atomic mass is 16.4. The molecule has 0 saturated carbocycles. The molecule has 0 fully saturated rings. The number of nitrogens with zero attached hydrogens (tertiary/aromatic N) is 4. The van der Waals surface area contributed by atoms with Crippen LogP contribution in [0.25, 0.3) is 27.7 Å². The van der Waals surface area contributed by atoms with Crippen molar-refractivity contribution in [3.63, 3.8) is 0 Å². The van der Waals surface area contributed by atoms with Crippen LogP contribution in [0.15, 0.2) is 72.9 Å². The zero-order valence-corrected chi connectivity index (χ0v) is 18.6. The van der Waals surface area contributed by atoms with Crippen LogP contribution in [-0.4, -0.2) is 30.6 Å². The number of para-hydroxylation sites is 1. The van der Waals surface area contributed by atoms with Crippen LogP contribution in [0, 0.1) is 6.92 Å². The van der Waals surface area contributed by atoms with Crippen LogP contribution in [-0.2, 0) is 17.8 Å². The highest BCUT2D eigenvalue weighted by Gasteiger charge is 2.16. The summed E-state index contributed by atoms with van der Waals surface area (Å²) in [4.78, 5) is 13.1. The van der Waals surface area contributed by atoms with Crippen molar-refractivity contribution in [2.45, 2.75) is 19.9 Å². The minimum Gasteiger partial charge on any atom is -0.481 e. The molecule has 0 spiro atoms. The van der Waals surface area contributed by atoms with Gasteiger partial charge in [-0.25, -0.2) is 0 Å². The number of carboxylic acid groups (broad SMARTS) is 1. The quantitative estimate of drug-likeness (QED) is 0.334. The van der Waals surface area contributed by atoms with E-state index in [9.17, 15) is 9.90 Å². The second-order valence-corrected chi connectivity index (χ2v) is 8.33. The molecule has 8 heteroatoms. The van der Waals surface area contributed by atoms with Gasteiger partial charge < -0.3 is 21.1 Å². The number of aromatic nitrogens is 4. The molecular weight excluding hydrogens is 428 g/mol. The first-order chi connectivity index (χ1) is 16.4. The molecule has 0 bridgehead atoms. The highest BCUT2D eigenvalue weighted by Crippen LogP contribution is 2.31. The van der Waals surface area contributed by atoms with Crippen molar-refractivity contribution in [1.82, 2.24) is 19.6 Å². The maximum absolute atomic E-state index is 11.5. The number of hydrogen-bond acceptors (Lipinski definition) is 5. The van der Waals surface area contributed by atoms with E-state index in [0.29, 0.717) is 17.9 Å². The van der Waals surface area contributed by atoms with E-state index >= 15 is 0 Å². The molecule has 0 aliphatic heterocycles. The molecule has 0 atom stereocenters. The molecule has 3 aromatic carbocycles. The second kappa shape index (κ2) is 8.40. The van der Waals surface area contributed by atoms with Gasteiger partial charge in [0.2, 0.25) is 0 Å². The Morgan fingerprint density at radius 3 is 2.38 bits per heavy atom. The molecule has 0 amide bonds. The molecule has 5 N–H and O–H groups in total. The number of aryl methyl sites for hydroxylation is 1. The third kappa shape index (κ3) is 4.09. The van der Waals surface area contributed by atoms with Crippen molar-refractivity contribution in [2.75, 3.05) is 11.5 Å². The first-order valence-electron chi connectivity index (χ1n) is 10.9. The summed E-state index contributed by atoms with van der Waals surface area (Å²) in [5.74, 6) is -0.877. The first-order valence-corrected chi connectivity index (χ1v) is 10.9. The first kappa shape index (κ1) is 21.3. The van der Waals surface area contributed by atoms with E-state index in [1.165, 1.54) is 0 Å². The van der Waals surface area contributed by atoms with Crippen molar-refractivity contribution in [1.29, 1.82) is 0 Å². The number of carboxylic acids is 1. The Balaban J connectivity index is 1.60. The fraction of sp³-hybridized carbons (Fsp3) is 0.115. The number of rotatable bonds is 6. The van der Waals surface area contributed by atoms with Gasteiger partial charge in [0.25, 0.3) is 0 Å². The Hall–Kier alpha value is -4.59. The number of benzene rings is 3. The van der Waals surface area contributed by atoms with Gasteiger partial charge >= 0.3 is 5.97 Å². The minimum atomic E-state index is -0.877. The summed E-state index contributed by atoms with van der Waals surface area (Å²) in [6.07, 6.45) is 1.82. The summed E-state index contributed by atoms with van der Waals surface area (Å²) in [5, 5.41) is 19.6. The van der Waals surface area contributed by atoms with Crippen molar-refractivity contribution in [3.8, 4) is 16.8 Å². The molecule has 2 heterocycles. The van der Waals surface area contributed by atoms with Crippen molar-refractivity contribution < 1.29 is 9.90 Å². The number of fused-ring (bicyclic) bond motifs is 1. The lowest BCUT2D eigenvalue weighted by Gasteiger charge is -2.08. The zero-order valence-electron chi connectivity index (χ0n) is 18.6. The second-order valence-electron chi connectivity index (χ2n) is 8.33. The third-order valence-electron chi connectivity index (χ3n) is 5.80. The van der Waals surface area contributed by atoms with Crippen LogP contribution < -0.4 is 11.5 Å². The van der Waals surface area contributed by atoms with Gasteiger partial charge in [0.1, 0.15) is 5.69 Å². The largest absolute Gasteiger partial charge is 0.481 e. The number of nitrogen functional groups attached to an aromatic ring is 2. The Morgan fingerprint density at radius 2 is 1.68 bits per heavy atom. The summed E-state index contributed by atoms with van der Waals surface area (Å²) >= 11 is 0. The Morgan fingerprint density at radius 1 is 0.941 bits per heavy atom. The van der Waals surface area contributed by atoms with Gasteiger partial charge in [0.15, 0.2) is 0 Å². The topological polar surface area (TPSA) is 125 Å². The van der Waals surface area contributed by atoms with Crippen LogP contribution in [0.2, 0.25) is 0 Å². The molecule has 0 radical (unpaired) electrons. The molecule has 0 saturated heterocycles. The van der Waals surface area contributed by atoms with Crippen LogP contribution in [0.5, 0.6) is 0 Å². The predicted octanol–water partition coefficient (Wildman–Crippen LogP) is 4.04. The van der Waals surface area contributed by atoms with E-state index in [0.717, 1.165) is 44.7 Å². The Bertz CT molecular complexity index is 1500. The van der Waals surface area contributed by atoms with Crippen molar-refractivity contribution in [3.05, 3.63) is 89.9 Å². The maximum atomic E-state index is 11.5. The lowest BCUT2D eigenvalue weighted by atomic mass is 10.0. The molecule has 5 rings (SSSR count). The van der Waals surface area contributed by atoms with Gasteiger partial charge in [-0.3, -0.25) is 4.79 Å². The molecule has 2 aromatic heterocycles. The fourth-order valence-corrected chi connectivity index (χ4v) is 4.22. The Kier molecular flexibility index (Phi) is 5.25. The molecule has 5 aromatic rings. The van der Waals surface area contributed by atoms with E-state index in [2.05, 4.69) is 5.10 Å². The monoisotopic (exact) mass is 452 g/mol.